The SMILES string of the molecule is C/C=C/CN1C(=O)C(=Nc2cccc(C(F)F)c2)c2ccccc21. The van der Waals surface area contributed by atoms with Gasteiger partial charge >= 0.3 is 0 Å². The van der Waals surface area contributed by atoms with Gasteiger partial charge < -0.3 is 4.90 Å². The first kappa shape index (κ1) is 16.1. The highest BCUT2D eigenvalue weighted by atomic mass is 19.3. The minimum absolute atomic E-state index is 0.110. The van der Waals surface area contributed by atoms with Gasteiger partial charge in [-0.2, -0.15) is 0 Å². The first-order valence-corrected chi connectivity index (χ1v) is 7.61. The van der Waals surface area contributed by atoms with Crippen LogP contribution in [0.2, 0.25) is 0 Å². The first-order chi connectivity index (χ1) is 11.6. The van der Waals surface area contributed by atoms with Gasteiger partial charge in [0.25, 0.3) is 12.3 Å². The Morgan fingerprint density at radius 3 is 2.71 bits per heavy atom. The number of carbonyl (C=O) groups excluding carboxylic acids is 1. The fraction of sp³-hybridized carbons (Fsp3) is 0.158. The minimum atomic E-state index is -2.57. The molecule has 1 aliphatic heterocycles. The van der Waals surface area contributed by atoms with E-state index in [0.717, 1.165) is 11.3 Å². The molecule has 1 aliphatic rings. The zero-order chi connectivity index (χ0) is 17.1. The highest BCUT2D eigenvalue weighted by Gasteiger charge is 2.32. The van der Waals surface area contributed by atoms with E-state index in [4.69, 9.17) is 0 Å². The van der Waals surface area contributed by atoms with Crippen molar-refractivity contribution in [1.82, 2.24) is 0 Å². The Balaban J connectivity index is 2.04. The maximum atomic E-state index is 12.8. The van der Waals surface area contributed by atoms with Crippen molar-refractivity contribution in [2.24, 2.45) is 4.99 Å². The van der Waals surface area contributed by atoms with Crippen LogP contribution in [-0.2, 0) is 4.79 Å². The predicted molar refractivity (Wildman–Crippen MR) is 91.2 cm³/mol. The average Bonchev–Trinajstić information content (AvgIpc) is 2.85. The van der Waals surface area contributed by atoms with Crippen LogP contribution >= 0.6 is 0 Å². The third kappa shape index (κ3) is 2.97. The monoisotopic (exact) mass is 326 g/mol. The lowest BCUT2D eigenvalue weighted by Gasteiger charge is -2.13. The van der Waals surface area contributed by atoms with Crippen LogP contribution in [0.3, 0.4) is 0 Å². The molecular formula is C19H16F2N2O. The number of benzene rings is 2. The third-order valence-corrected chi connectivity index (χ3v) is 3.78. The molecule has 0 aliphatic carbocycles. The van der Waals surface area contributed by atoms with E-state index in [1.165, 1.54) is 18.2 Å². The van der Waals surface area contributed by atoms with E-state index in [0.29, 0.717) is 12.2 Å². The molecule has 0 radical (unpaired) electrons. The summed E-state index contributed by atoms with van der Waals surface area (Å²) in [5, 5.41) is 0. The molecule has 0 aromatic heterocycles. The quantitative estimate of drug-likeness (QED) is 0.752. The Bertz CT molecular complexity index is 828. The van der Waals surface area contributed by atoms with Crippen LogP contribution in [0.25, 0.3) is 0 Å². The van der Waals surface area contributed by atoms with Crippen molar-refractivity contribution < 1.29 is 13.6 Å². The standard InChI is InChI=1S/C19H16F2N2O/c1-2-3-11-23-16-10-5-4-9-15(16)17(19(23)24)22-14-8-6-7-13(12-14)18(20)21/h2-10,12,18H,11H2,1H3/b3-2+,22-17?. The number of hydrogen-bond acceptors (Lipinski definition) is 2. The van der Waals surface area contributed by atoms with E-state index in [9.17, 15) is 13.6 Å². The van der Waals surface area contributed by atoms with Gasteiger partial charge in [-0.05, 0) is 25.1 Å². The summed E-state index contributed by atoms with van der Waals surface area (Å²) in [6.45, 7) is 2.33. The van der Waals surface area contributed by atoms with E-state index in [2.05, 4.69) is 4.99 Å². The van der Waals surface area contributed by atoms with Gasteiger partial charge in [-0.3, -0.25) is 4.79 Å². The van der Waals surface area contributed by atoms with Gasteiger partial charge in [0.1, 0.15) is 5.71 Å². The van der Waals surface area contributed by atoms with Crippen LogP contribution in [0.4, 0.5) is 20.2 Å². The van der Waals surface area contributed by atoms with Crippen molar-refractivity contribution in [2.45, 2.75) is 13.3 Å². The average molecular weight is 326 g/mol. The Morgan fingerprint density at radius 2 is 1.96 bits per heavy atom. The highest BCUT2D eigenvalue weighted by molar-refractivity contribution is 6.54. The highest BCUT2D eigenvalue weighted by Crippen LogP contribution is 2.31. The van der Waals surface area contributed by atoms with Gasteiger partial charge in [-0.15, -0.1) is 0 Å². The second-order valence-corrected chi connectivity index (χ2v) is 5.36. The molecule has 1 amide bonds. The van der Waals surface area contributed by atoms with Gasteiger partial charge in [-0.25, -0.2) is 13.8 Å². The number of allylic oxidation sites excluding steroid dienone is 1. The minimum Gasteiger partial charge on any atom is -0.303 e. The molecule has 0 saturated carbocycles. The summed E-state index contributed by atoms with van der Waals surface area (Å²) in [5.41, 5.74) is 2.01. The Labute approximate surface area is 138 Å². The van der Waals surface area contributed by atoms with E-state index in [1.807, 2.05) is 43.3 Å². The summed E-state index contributed by atoms with van der Waals surface area (Å²) < 4.78 is 25.7. The molecule has 122 valence electrons. The normalized spacial score (nSPS) is 15.8. The van der Waals surface area contributed by atoms with Crippen molar-refractivity contribution in [2.75, 3.05) is 11.4 Å². The second-order valence-electron chi connectivity index (χ2n) is 5.36. The molecule has 0 unspecified atom stereocenters. The molecule has 2 aromatic rings. The number of halogens is 2. The molecule has 0 fully saturated rings. The van der Waals surface area contributed by atoms with Gasteiger partial charge in [0, 0.05) is 17.7 Å². The van der Waals surface area contributed by atoms with E-state index < -0.39 is 6.43 Å². The van der Waals surface area contributed by atoms with Gasteiger partial charge in [0.15, 0.2) is 0 Å². The molecule has 0 N–H and O–H groups in total. The molecule has 3 nitrogen and oxygen atoms in total. The Hall–Kier alpha value is -2.82. The third-order valence-electron chi connectivity index (χ3n) is 3.78. The number of para-hydroxylation sites is 1. The Kier molecular flexibility index (Phi) is 4.51. The van der Waals surface area contributed by atoms with Crippen molar-refractivity contribution in [3.63, 3.8) is 0 Å². The number of alkyl halides is 2. The zero-order valence-corrected chi connectivity index (χ0v) is 13.1. The number of anilines is 1. The molecule has 0 atom stereocenters. The maximum absolute atomic E-state index is 12.8. The Morgan fingerprint density at radius 1 is 1.17 bits per heavy atom. The molecule has 2 aromatic carbocycles. The van der Waals surface area contributed by atoms with Crippen LogP contribution in [0.15, 0.2) is 65.7 Å². The summed E-state index contributed by atoms with van der Waals surface area (Å²) >= 11 is 0. The molecule has 24 heavy (non-hydrogen) atoms. The van der Waals surface area contributed by atoms with E-state index in [-0.39, 0.29) is 17.2 Å². The summed E-state index contributed by atoms with van der Waals surface area (Å²) in [7, 11) is 0. The molecular weight excluding hydrogens is 310 g/mol. The first-order valence-electron chi connectivity index (χ1n) is 7.61. The smallest absolute Gasteiger partial charge is 0.277 e. The molecule has 1 heterocycles. The number of rotatable bonds is 4. The summed E-state index contributed by atoms with van der Waals surface area (Å²) in [4.78, 5) is 18.7. The van der Waals surface area contributed by atoms with Gasteiger partial charge in [-0.1, -0.05) is 42.5 Å². The fourth-order valence-electron chi connectivity index (χ4n) is 2.62. The zero-order valence-electron chi connectivity index (χ0n) is 13.1. The van der Waals surface area contributed by atoms with Gasteiger partial charge in [0.05, 0.1) is 11.4 Å². The molecule has 5 heteroatoms. The van der Waals surface area contributed by atoms with Crippen molar-refractivity contribution in [3.05, 3.63) is 71.8 Å². The predicted octanol–water partition coefficient (Wildman–Crippen LogP) is 4.67. The van der Waals surface area contributed by atoms with Crippen molar-refractivity contribution in [1.29, 1.82) is 0 Å². The number of fused-ring (bicyclic) bond motifs is 1. The molecule has 3 rings (SSSR count). The lowest BCUT2D eigenvalue weighted by atomic mass is 10.1. The molecule has 0 spiro atoms. The number of aliphatic imine (C=N–C) groups is 1. The van der Waals surface area contributed by atoms with Crippen molar-refractivity contribution >= 4 is 23.0 Å². The molecule has 0 saturated heterocycles. The largest absolute Gasteiger partial charge is 0.303 e. The van der Waals surface area contributed by atoms with E-state index >= 15 is 0 Å². The van der Waals surface area contributed by atoms with Gasteiger partial charge in [0.2, 0.25) is 0 Å². The maximum Gasteiger partial charge on any atom is 0.277 e. The fourth-order valence-corrected chi connectivity index (χ4v) is 2.62. The van der Waals surface area contributed by atoms with E-state index in [1.54, 1.807) is 11.0 Å². The second kappa shape index (κ2) is 6.74. The lowest BCUT2D eigenvalue weighted by Crippen LogP contribution is -2.30. The lowest BCUT2D eigenvalue weighted by molar-refractivity contribution is -0.112. The summed E-state index contributed by atoms with van der Waals surface area (Å²) in [6, 6.07) is 13.1. The topological polar surface area (TPSA) is 32.7 Å². The van der Waals surface area contributed by atoms with Crippen LogP contribution < -0.4 is 4.90 Å². The van der Waals surface area contributed by atoms with Crippen LogP contribution in [0, 0.1) is 0 Å². The number of carbonyl (C=O) groups is 1. The van der Waals surface area contributed by atoms with Crippen LogP contribution in [0.5, 0.6) is 0 Å². The summed E-state index contributed by atoms with van der Waals surface area (Å²) in [6.07, 6.45) is 1.19. The number of nitrogens with zero attached hydrogens (tertiary/aromatic N) is 2. The van der Waals surface area contributed by atoms with Crippen LogP contribution in [-0.4, -0.2) is 18.2 Å². The van der Waals surface area contributed by atoms with Crippen LogP contribution in [0.1, 0.15) is 24.5 Å². The van der Waals surface area contributed by atoms with Crippen molar-refractivity contribution in [3.8, 4) is 0 Å². The number of hydrogen-bond donors (Lipinski definition) is 0. The molecule has 0 bridgehead atoms. The summed E-state index contributed by atoms with van der Waals surface area (Å²) in [5.74, 6) is -0.225. The number of amides is 1.